The minimum absolute atomic E-state index is 0.0477. The monoisotopic (exact) mass is 282 g/mol. The van der Waals surface area contributed by atoms with Gasteiger partial charge in [0.05, 0.1) is 51.7 Å². The summed E-state index contributed by atoms with van der Waals surface area (Å²) in [5.41, 5.74) is -1.77. The summed E-state index contributed by atoms with van der Waals surface area (Å²) < 4.78 is 10.3. The first-order valence-electron chi connectivity index (χ1n) is 6.27. The van der Waals surface area contributed by atoms with Gasteiger partial charge in [-0.05, 0) is 6.42 Å². The van der Waals surface area contributed by atoms with Crippen LogP contribution in [0.1, 0.15) is 13.3 Å². The van der Waals surface area contributed by atoms with Crippen molar-refractivity contribution in [1.82, 2.24) is 0 Å². The summed E-state index contributed by atoms with van der Waals surface area (Å²) in [5.74, 6) is 0. The summed E-state index contributed by atoms with van der Waals surface area (Å²) in [6.45, 7) is 0.259. The molecule has 0 heterocycles. The third kappa shape index (κ3) is 5.70. The van der Waals surface area contributed by atoms with E-state index in [1.165, 1.54) is 0 Å². The molecule has 0 aromatic rings. The number of hydrogen-bond donors (Lipinski definition) is 5. The zero-order valence-corrected chi connectivity index (χ0v) is 11.4. The van der Waals surface area contributed by atoms with Crippen molar-refractivity contribution in [3.05, 3.63) is 0 Å². The van der Waals surface area contributed by atoms with E-state index < -0.39 is 30.7 Å². The van der Waals surface area contributed by atoms with Gasteiger partial charge >= 0.3 is 0 Å². The summed E-state index contributed by atoms with van der Waals surface area (Å²) in [4.78, 5) is 0. The molecule has 0 bridgehead atoms. The van der Waals surface area contributed by atoms with Gasteiger partial charge in [-0.15, -0.1) is 0 Å². The van der Waals surface area contributed by atoms with E-state index in [1.807, 2.05) is 6.92 Å². The van der Waals surface area contributed by atoms with E-state index in [-0.39, 0.29) is 33.2 Å². The third-order valence-electron chi connectivity index (χ3n) is 3.41. The van der Waals surface area contributed by atoms with Crippen LogP contribution in [0.15, 0.2) is 0 Å². The molecule has 7 nitrogen and oxygen atoms in total. The standard InChI is InChI=1S/C12H26O7/c1-2-11(3-13,4-14)8-18-10-19-9-12(5-15,6-16)7-17/h13-17H,2-10H2,1H3. The van der Waals surface area contributed by atoms with Gasteiger partial charge in [-0.2, -0.15) is 0 Å². The van der Waals surface area contributed by atoms with Crippen molar-refractivity contribution >= 4 is 0 Å². The Kier molecular flexibility index (Phi) is 9.46. The van der Waals surface area contributed by atoms with Crippen molar-refractivity contribution < 1.29 is 35.0 Å². The van der Waals surface area contributed by atoms with Gasteiger partial charge in [0.2, 0.25) is 0 Å². The lowest BCUT2D eigenvalue weighted by Crippen LogP contribution is -2.39. The first-order chi connectivity index (χ1) is 9.07. The van der Waals surface area contributed by atoms with Gasteiger partial charge in [-0.3, -0.25) is 0 Å². The van der Waals surface area contributed by atoms with Gasteiger partial charge in [-0.25, -0.2) is 0 Å². The molecule has 0 saturated heterocycles. The maximum atomic E-state index is 9.20. The molecule has 0 amide bonds. The van der Waals surface area contributed by atoms with Crippen LogP contribution in [0, 0.1) is 10.8 Å². The molecule has 0 spiro atoms. The molecule has 5 N–H and O–H groups in total. The fourth-order valence-corrected chi connectivity index (χ4v) is 1.33. The zero-order chi connectivity index (χ0) is 14.8. The average Bonchev–Trinajstić information content (AvgIpc) is 2.48. The molecule has 0 unspecified atom stereocenters. The van der Waals surface area contributed by atoms with E-state index in [1.54, 1.807) is 0 Å². The molecular formula is C12H26O7. The minimum atomic E-state index is -1.08. The maximum Gasteiger partial charge on any atom is 0.146 e. The summed E-state index contributed by atoms with van der Waals surface area (Å²) in [7, 11) is 0. The van der Waals surface area contributed by atoms with Crippen LogP contribution in [0.4, 0.5) is 0 Å². The Balaban J connectivity index is 3.98. The molecule has 19 heavy (non-hydrogen) atoms. The van der Waals surface area contributed by atoms with Crippen molar-refractivity contribution in [2.75, 3.05) is 53.0 Å². The van der Waals surface area contributed by atoms with Gasteiger partial charge in [0.25, 0.3) is 0 Å². The molecule has 0 aliphatic heterocycles. The molecule has 0 aliphatic carbocycles. The topological polar surface area (TPSA) is 120 Å². The highest BCUT2D eigenvalue weighted by Crippen LogP contribution is 2.21. The minimum Gasteiger partial charge on any atom is -0.396 e. The van der Waals surface area contributed by atoms with Crippen molar-refractivity contribution in [2.45, 2.75) is 13.3 Å². The Morgan fingerprint density at radius 3 is 1.37 bits per heavy atom. The van der Waals surface area contributed by atoms with Gasteiger partial charge in [0.1, 0.15) is 6.79 Å². The number of rotatable bonds is 12. The van der Waals surface area contributed by atoms with Crippen LogP contribution in [-0.4, -0.2) is 78.6 Å². The fraction of sp³-hybridized carbons (Fsp3) is 1.00. The Morgan fingerprint density at radius 2 is 1.05 bits per heavy atom. The molecule has 0 aromatic heterocycles. The largest absolute Gasteiger partial charge is 0.396 e. The van der Waals surface area contributed by atoms with E-state index in [2.05, 4.69) is 0 Å². The second-order valence-electron chi connectivity index (χ2n) is 4.96. The van der Waals surface area contributed by atoms with Gasteiger partial charge in [0, 0.05) is 5.41 Å². The first-order valence-corrected chi connectivity index (χ1v) is 6.27. The predicted octanol–water partition coefficient (Wildman–Crippen LogP) is -1.68. The second-order valence-corrected chi connectivity index (χ2v) is 4.96. The van der Waals surface area contributed by atoms with Gasteiger partial charge in [-0.1, -0.05) is 6.92 Å². The van der Waals surface area contributed by atoms with Crippen LogP contribution in [0.2, 0.25) is 0 Å². The fourth-order valence-electron chi connectivity index (χ4n) is 1.33. The summed E-state index contributed by atoms with van der Waals surface area (Å²) in [6, 6.07) is 0. The molecule has 0 aliphatic rings. The van der Waals surface area contributed by atoms with Crippen molar-refractivity contribution in [3.8, 4) is 0 Å². The van der Waals surface area contributed by atoms with Crippen LogP contribution >= 0.6 is 0 Å². The van der Waals surface area contributed by atoms with E-state index in [0.29, 0.717) is 6.42 Å². The van der Waals surface area contributed by atoms with Crippen LogP contribution in [0.5, 0.6) is 0 Å². The molecular weight excluding hydrogens is 256 g/mol. The highest BCUT2D eigenvalue weighted by Gasteiger charge is 2.29. The Labute approximate surface area is 113 Å². The Hall–Kier alpha value is -0.280. The Bertz CT molecular complexity index is 176. The Morgan fingerprint density at radius 1 is 0.684 bits per heavy atom. The lowest BCUT2D eigenvalue weighted by atomic mass is 9.88. The van der Waals surface area contributed by atoms with Gasteiger partial charge in [0.15, 0.2) is 0 Å². The normalized spacial score (nSPS) is 12.9. The van der Waals surface area contributed by atoms with Crippen molar-refractivity contribution in [3.63, 3.8) is 0 Å². The van der Waals surface area contributed by atoms with E-state index in [4.69, 9.17) is 24.8 Å². The summed E-state index contributed by atoms with van der Waals surface area (Å²) in [5, 5.41) is 45.6. The van der Waals surface area contributed by atoms with E-state index in [9.17, 15) is 10.2 Å². The number of hydrogen-bond acceptors (Lipinski definition) is 7. The van der Waals surface area contributed by atoms with Crippen molar-refractivity contribution in [1.29, 1.82) is 0 Å². The van der Waals surface area contributed by atoms with E-state index in [0.717, 1.165) is 0 Å². The molecule has 0 radical (unpaired) electrons. The number of aliphatic hydroxyl groups excluding tert-OH is 5. The molecule has 0 fully saturated rings. The molecule has 0 atom stereocenters. The number of aliphatic hydroxyl groups is 5. The molecule has 116 valence electrons. The highest BCUT2D eigenvalue weighted by atomic mass is 16.7. The predicted molar refractivity (Wildman–Crippen MR) is 67.4 cm³/mol. The van der Waals surface area contributed by atoms with Crippen LogP contribution in [-0.2, 0) is 9.47 Å². The van der Waals surface area contributed by atoms with Gasteiger partial charge < -0.3 is 35.0 Å². The quantitative estimate of drug-likeness (QED) is 0.214. The zero-order valence-electron chi connectivity index (χ0n) is 11.4. The smallest absolute Gasteiger partial charge is 0.146 e. The highest BCUT2D eigenvalue weighted by molar-refractivity contribution is 4.77. The summed E-state index contributed by atoms with van der Waals surface area (Å²) in [6.07, 6.45) is 0.563. The molecule has 0 aromatic carbocycles. The maximum absolute atomic E-state index is 9.20. The lowest BCUT2D eigenvalue weighted by Gasteiger charge is -2.29. The van der Waals surface area contributed by atoms with E-state index >= 15 is 0 Å². The second kappa shape index (κ2) is 9.60. The van der Waals surface area contributed by atoms with Crippen molar-refractivity contribution in [2.24, 2.45) is 10.8 Å². The molecule has 0 rings (SSSR count). The molecule has 7 heteroatoms. The number of ether oxygens (including phenoxy) is 2. The van der Waals surface area contributed by atoms with Crippen LogP contribution < -0.4 is 0 Å². The first kappa shape index (κ1) is 18.7. The molecule has 0 saturated carbocycles. The SMILES string of the molecule is CCC(CO)(CO)COCOCC(CO)(CO)CO. The summed E-state index contributed by atoms with van der Waals surface area (Å²) >= 11 is 0. The third-order valence-corrected chi connectivity index (χ3v) is 3.41. The van der Waals surface area contributed by atoms with Crippen LogP contribution in [0.25, 0.3) is 0 Å². The average molecular weight is 282 g/mol. The van der Waals surface area contributed by atoms with Crippen LogP contribution in [0.3, 0.4) is 0 Å². The lowest BCUT2D eigenvalue weighted by molar-refractivity contribution is -0.136.